The van der Waals surface area contributed by atoms with Gasteiger partial charge in [-0.3, -0.25) is 0 Å². The Morgan fingerprint density at radius 3 is 2.88 bits per heavy atom. The van der Waals surface area contributed by atoms with Crippen LogP contribution in [0.1, 0.15) is 23.6 Å². The first-order valence-corrected chi connectivity index (χ1v) is 6.79. The van der Waals surface area contributed by atoms with Crippen LogP contribution in [0.4, 0.5) is 0 Å². The largest absolute Gasteiger partial charge is 0.460 e. The smallest absolute Gasteiger partial charge is 0.153 e. The number of nitrogens with one attached hydrogen (secondary N) is 1. The van der Waals surface area contributed by atoms with E-state index in [2.05, 4.69) is 10.7 Å². The first-order valence-electron chi connectivity index (χ1n) is 5.91. The van der Waals surface area contributed by atoms with Crippen molar-refractivity contribution in [2.75, 3.05) is 13.6 Å². The van der Waals surface area contributed by atoms with E-state index in [4.69, 9.17) is 9.40 Å². The highest BCUT2D eigenvalue weighted by atomic mass is 32.1. The quantitative estimate of drug-likeness (QED) is 0.904. The van der Waals surface area contributed by atoms with E-state index >= 15 is 0 Å². The van der Waals surface area contributed by atoms with Gasteiger partial charge >= 0.3 is 0 Å². The number of thiazole rings is 1. The Morgan fingerprint density at radius 2 is 2.29 bits per heavy atom. The lowest BCUT2D eigenvalue weighted by Crippen LogP contribution is -2.23. The van der Waals surface area contributed by atoms with Gasteiger partial charge in [-0.25, -0.2) is 4.98 Å². The zero-order valence-electron chi connectivity index (χ0n) is 10.1. The molecule has 2 aromatic heterocycles. The molecule has 0 atom stereocenters. The summed E-state index contributed by atoms with van der Waals surface area (Å²) in [5.41, 5.74) is 1.28. The van der Waals surface area contributed by atoms with Crippen molar-refractivity contribution in [2.24, 2.45) is 0 Å². The number of nitrogens with zero attached hydrogens (tertiary/aromatic N) is 1. The standard InChI is InChI=1S/C13H16N2OS/c1-9-3-4-11(16-9)10-7-17-12(15-10)13(5-6-13)8-14-2/h3-4,7,14H,5-6,8H2,1-2H3. The van der Waals surface area contributed by atoms with Crippen molar-refractivity contribution in [3.63, 3.8) is 0 Å². The fourth-order valence-corrected chi connectivity index (χ4v) is 3.23. The molecule has 1 saturated carbocycles. The van der Waals surface area contributed by atoms with Gasteiger partial charge in [-0.05, 0) is 38.9 Å². The fraction of sp³-hybridized carbons (Fsp3) is 0.462. The van der Waals surface area contributed by atoms with Crippen molar-refractivity contribution in [3.8, 4) is 11.5 Å². The molecule has 90 valence electrons. The first-order chi connectivity index (χ1) is 8.23. The molecule has 0 spiro atoms. The summed E-state index contributed by atoms with van der Waals surface area (Å²) in [6.45, 7) is 2.98. The molecule has 0 radical (unpaired) electrons. The Bertz CT molecular complexity index is 525. The molecule has 4 heteroatoms. The average Bonchev–Trinajstić information content (AvgIpc) is 2.79. The van der Waals surface area contributed by atoms with Gasteiger partial charge in [0.2, 0.25) is 0 Å². The van der Waals surface area contributed by atoms with Gasteiger partial charge in [0.1, 0.15) is 16.5 Å². The normalized spacial score (nSPS) is 17.3. The molecule has 17 heavy (non-hydrogen) atoms. The second-order valence-corrected chi connectivity index (χ2v) is 5.62. The van der Waals surface area contributed by atoms with Crippen LogP contribution in [0.5, 0.6) is 0 Å². The molecule has 1 fully saturated rings. The minimum atomic E-state index is 0.305. The van der Waals surface area contributed by atoms with Gasteiger partial charge in [0.15, 0.2) is 5.76 Å². The van der Waals surface area contributed by atoms with Crippen LogP contribution in [-0.2, 0) is 5.41 Å². The number of aryl methyl sites for hydroxylation is 1. The van der Waals surface area contributed by atoms with Crippen LogP contribution in [0.25, 0.3) is 11.5 Å². The predicted octanol–water partition coefficient (Wildman–Crippen LogP) is 2.96. The fourth-order valence-electron chi connectivity index (χ4n) is 2.16. The molecule has 3 nitrogen and oxygen atoms in total. The van der Waals surface area contributed by atoms with Crippen molar-refractivity contribution in [3.05, 3.63) is 28.3 Å². The molecule has 0 aliphatic heterocycles. The van der Waals surface area contributed by atoms with E-state index in [0.29, 0.717) is 5.41 Å². The Morgan fingerprint density at radius 1 is 1.47 bits per heavy atom. The molecule has 1 aliphatic rings. The minimum absolute atomic E-state index is 0.305. The van der Waals surface area contributed by atoms with Crippen LogP contribution in [-0.4, -0.2) is 18.6 Å². The summed E-state index contributed by atoms with van der Waals surface area (Å²) < 4.78 is 5.60. The summed E-state index contributed by atoms with van der Waals surface area (Å²) in [5.74, 6) is 1.82. The Kier molecular flexibility index (Phi) is 2.56. The highest BCUT2D eigenvalue weighted by Gasteiger charge is 2.46. The van der Waals surface area contributed by atoms with E-state index in [1.807, 2.05) is 26.1 Å². The summed E-state index contributed by atoms with van der Waals surface area (Å²) in [6.07, 6.45) is 2.50. The SMILES string of the molecule is CNCC1(c2nc(-c3ccc(C)o3)cs2)CC1. The highest BCUT2D eigenvalue weighted by molar-refractivity contribution is 7.10. The number of aromatic nitrogens is 1. The van der Waals surface area contributed by atoms with E-state index in [1.54, 1.807) is 11.3 Å². The van der Waals surface area contributed by atoms with Gasteiger partial charge < -0.3 is 9.73 Å². The van der Waals surface area contributed by atoms with Crippen molar-refractivity contribution in [1.29, 1.82) is 0 Å². The van der Waals surface area contributed by atoms with Crippen LogP contribution in [0.15, 0.2) is 21.9 Å². The molecule has 1 aliphatic carbocycles. The van der Waals surface area contributed by atoms with E-state index in [-0.39, 0.29) is 0 Å². The van der Waals surface area contributed by atoms with Crippen molar-refractivity contribution >= 4 is 11.3 Å². The third kappa shape index (κ3) is 1.91. The van der Waals surface area contributed by atoms with E-state index in [9.17, 15) is 0 Å². The van der Waals surface area contributed by atoms with Gasteiger partial charge in [-0.15, -0.1) is 11.3 Å². The second-order valence-electron chi connectivity index (χ2n) is 4.76. The molecule has 0 saturated heterocycles. The molecule has 0 bridgehead atoms. The third-order valence-corrected chi connectivity index (χ3v) is 4.41. The number of hydrogen-bond acceptors (Lipinski definition) is 4. The Hall–Kier alpha value is -1.13. The molecule has 0 aromatic carbocycles. The Labute approximate surface area is 105 Å². The molecule has 2 aromatic rings. The monoisotopic (exact) mass is 248 g/mol. The highest BCUT2D eigenvalue weighted by Crippen LogP contribution is 2.49. The zero-order valence-corrected chi connectivity index (χ0v) is 10.9. The Balaban J connectivity index is 1.88. The topological polar surface area (TPSA) is 38.1 Å². The molecule has 2 heterocycles. The van der Waals surface area contributed by atoms with Crippen molar-refractivity contribution in [1.82, 2.24) is 10.3 Å². The molecular formula is C13H16N2OS. The molecule has 0 amide bonds. The number of rotatable bonds is 4. The number of hydrogen-bond donors (Lipinski definition) is 1. The summed E-state index contributed by atoms with van der Waals surface area (Å²) in [7, 11) is 2.00. The summed E-state index contributed by atoms with van der Waals surface area (Å²) in [6, 6.07) is 3.97. The van der Waals surface area contributed by atoms with E-state index in [1.165, 1.54) is 17.8 Å². The van der Waals surface area contributed by atoms with E-state index < -0.39 is 0 Å². The minimum Gasteiger partial charge on any atom is -0.460 e. The van der Waals surface area contributed by atoms with Crippen LogP contribution < -0.4 is 5.32 Å². The van der Waals surface area contributed by atoms with Gasteiger partial charge in [0.05, 0.1) is 0 Å². The van der Waals surface area contributed by atoms with Crippen molar-refractivity contribution < 1.29 is 4.42 Å². The molecular weight excluding hydrogens is 232 g/mol. The molecule has 0 unspecified atom stereocenters. The van der Waals surface area contributed by atoms with Crippen LogP contribution >= 0.6 is 11.3 Å². The lowest BCUT2D eigenvalue weighted by molar-refractivity contribution is 0.546. The summed E-state index contributed by atoms with van der Waals surface area (Å²) in [4.78, 5) is 4.73. The van der Waals surface area contributed by atoms with Crippen LogP contribution in [0.3, 0.4) is 0 Å². The van der Waals surface area contributed by atoms with Gasteiger partial charge in [0, 0.05) is 17.3 Å². The van der Waals surface area contributed by atoms with Gasteiger partial charge in [-0.2, -0.15) is 0 Å². The van der Waals surface area contributed by atoms with Gasteiger partial charge in [-0.1, -0.05) is 0 Å². The number of likely N-dealkylation sites (N-methyl/N-ethyl adjacent to an activating group) is 1. The lowest BCUT2D eigenvalue weighted by Gasteiger charge is -2.09. The number of furan rings is 1. The van der Waals surface area contributed by atoms with Crippen molar-refractivity contribution in [2.45, 2.75) is 25.2 Å². The average molecular weight is 248 g/mol. The first kappa shape index (κ1) is 11.0. The maximum atomic E-state index is 5.60. The second kappa shape index (κ2) is 3.96. The van der Waals surface area contributed by atoms with Crippen LogP contribution in [0.2, 0.25) is 0 Å². The van der Waals surface area contributed by atoms with Gasteiger partial charge in [0.25, 0.3) is 0 Å². The third-order valence-electron chi connectivity index (χ3n) is 3.32. The molecule has 3 rings (SSSR count). The predicted molar refractivity (Wildman–Crippen MR) is 69.4 cm³/mol. The lowest BCUT2D eigenvalue weighted by atomic mass is 10.1. The summed E-state index contributed by atoms with van der Waals surface area (Å²) >= 11 is 1.75. The van der Waals surface area contributed by atoms with E-state index in [0.717, 1.165) is 23.8 Å². The molecule has 1 N–H and O–H groups in total. The summed E-state index contributed by atoms with van der Waals surface area (Å²) in [5, 5.41) is 6.61. The van der Waals surface area contributed by atoms with Crippen LogP contribution in [0, 0.1) is 6.92 Å². The maximum absolute atomic E-state index is 5.60. The zero-order chi connectivity index (χ0) is 11.9. The maximum Gasteiger partial charge on any atom is 0.153 e.